The third-order valence-electron chi connectivity index (χ3n) is 11.8. The Labute approximate surface area is 384 Å². The maximum atomic E-state index is 12.7. The van der Waals surface area contributed by atoms with Crippen molar-refractivity contribution in [3.8, 4) is 0 Å². The van der Waals surface area contributed by atoms with E-state index in [4.69, 9.17) is 18.5 Å². The monoisotopic (exact) mass is 900 g/mol. The third-order valence-corrected chi connectivity index (χ3v) is 12.7. The molecule has 0 rings (SSSR count). The summed E-state index contributed by atoms with van der Waals surface area (Å²) in [4.78, 5) is 37.7. The van der Waals surface area contributed by atoms with Gasteiger partial charge in [0.1, 0.15) is 19.8 Å². The number of unbranched alkanes of at least 4 members (excludes halogenated alkanes) is 33. The molecule has 1 unspecified atom stereocenters. The molecule has 0 aromatic heterocycles. The number of esters is 2. The highest BCUT2D eigenvalue weighted by Gasteiger charge is 2.21. The molecular formula is C52H102NO8P. The number of ether oxygens (including phenoxy) is 2. The summed E-state index contributed by atoms with van der Waals surface area (Å²) in [6.07, 6.45) is 49.5. The molecule has 0 aliphatic heterocycles. The van der Waals surface area contributed by atoms with Crippen LogP contribution in [0.25, 0.3) is 0 Å². The molecule has 368 valence electrons. The Kier molecular flexibility index (Phi) is 44.0. The topological polar surface area (TPSA) is 111 Å². The van der Waals surface area contributed by atoms with Gasteiger partial charge in [-0.15, -0.1) is 0 Å². The van der Waals surface area contributed by atoms with E-state index in [2.05, 4.69) is 26.0 Å². The first-order valence-electron chi connectivity index (χ1n) is 26.4. The molecule has 0 saturated heterocycles. The molecule has 0 aromatic rings. The van der Waals surface area contributed by atoms with Crippen LogP contribution in [0.3, 0.4) is 0 Å². The van der Waals surface area contributed by atoms with Crippen LogP contribution >= 0.6 is 7.82 Å². The van der Waals surface area contributed by atoms with Crippen molar-refractivity contribution >= 4 is 19.8 Å². The van der Waals surface area contributed by atoms with Gasteiger partial charge in [0.15, 0.2) is 6.10 Å². The summed E-state index contributed by atoms with van der Waals surface area (Å²) < 4.78 is 34.1. The number of nitrogens with zero attached hydrogens (tertiary/aromatic N) is 1. The zero-order chi connectivity index (χ0) is 45.7. The second kappa shape index (κ2) is 44.9. The van der Waals surface area contributed by atoms with Crippen LogP contribution in [0, 0.1) is 0 Å². The molecule has 0 aliphatic carbocycles. The first-order valence-corrected chi connectivity index (χ1v) is 27.9. The van der Waals surface area contributed by atoms with Crippen molar-refractivity contribution in [3.05, 3.63) is 12.2 Å². The molecule has 0 saturated carbocycles. The van der Waals surface area contributed by atoms with Gasteiger partial charge < -0.3 is 27.9 Å². The SMILES string of the molecule is CCCCCCCC/C=C\CCCCCCCCCC(=O)OC[C@H](COP(=O)([O-])OCC[N+](C)(C)C)OC(=O)CCCCCCCCCCCCCCCCCCCCCCC. The minimum atomic E-state index is -4.63. The summed E-state index contributed by atoms with van der Waals surface area (Å²) >= 11 is 0. The third kappa shape index (κ3) is 48.2. The number of phosphoric acid groups is 1. The van der Waals surface area contributed by atoms with Gasteiger partial charge in [0, 0.05) is 12.8 Å². The maximum Gasteiger partial charge on any atom is 0.306 e. The van der Waals surface area contributed by atoms with Crippen molar-refractivity contribution in [3.63, 3.8) is 0 Å². The van der Waals surface area contributed by atoms with Crippen LogP contribution in [0.2, 0.25) is 0 Å². The van der Waals surface area contributed by atoms with Gasteiger partial charge in [-0.3, -0.25) is 14.2 Å². The molecule has 62 heavy (non-hydrogen) atoms. The predicted octanol–water partition coefficient (Wildman–Crippen LogP) is 15.1. The fourth-order valence-electron chi connectivity index (χ4n) is 7.65. The molecule has 0 amide bonds. The normalized spacial score (nSPS) is 13.5. The van der Waals surface area contributed by atoms with Gasteiger partial charge >= 0.3 is 11.9 Å². The number of likely N-dealkylation sites (N-methyl/N-ethyl adjacent to an activating group) is 1. The summed E-state index contributed by atoms with van der Waals surface area (Å²) in [5.74, 6) is -0.823. The summed E-state index contributed by atoms with van der Waals surface area (Å²) in [7, 11) is 1.18. The van der Waals surface area contributed by atoms with Gasteiger partial charge in [-0.25, -0.2) is 0 Å². The Balaban J connectivity index is 4.20. The zero-order valence-electron chi connectivity index (χ0n) is 41.6. The molecule has 2 atom stereocenters. The molecule has 0 radical (unpaired) electrons. The van der Waals surface area contributed by atoms with Gasteiger partial charge in [0.2, 0.25) is 0 Å². The second-order valence-corrected chi connectivity index (χ2v) is 20.7. The molecule has 0 bridgehead atoms. The molecule has 0 N–H and O–H groups in total. The lowest BCUT2D eigenvalue weighted by atomic mass is 10.0. The minimum absolute atomic E-state index is 0.0279. The lowest BCUT2D eigenvalue weighted by Gasteiger charge is -2.28. The number of hydrogen-bond donors (Lipinski definition) is 0. The number of allylic oxidation sites excluding steroid dienone is 2. The lowest BCUT2D eigenvalue weighted by Crippen LogP contribution is -2.37. The smallest absolute Gasteiger partial charge is 0.306 e. The maximum absolute atomic E-state index is 12.7. The Morgan fingerprint density at radius 2 is 0.823 bits per heavy atom. The quantitative estimate of drug-likeness (QED) is 0.0195. The zero-order valence-corrected chi connectivity index (χ0v) is 42.5. The highest BCUT2D eigenvalue weighted by Crippen LogP contribution is 2.38. The number of carbonyl (C=O) groups is 2. The minimum Gasteiger partial charge on any atom is -0.756 e. The van der Waals surface area contributed by atoms with E-state index >= 15 is 0 Å². The second-order valence-electron chi connectivity index (χ2n) is 19.2. The van der Waals surface area contributed by atoms with Crippen LogP contribution in [0.15, 0.2) is 12.2 Å². The number of quaternary nitrogens is 1. The van der Waals surface area contributed by atoms with E-state index in [-0.39, 0.29) is 32.0 Å². The molecule has 0 aliphatic rings. The molecule has 0 fully saturated rings. The number of rotatable bonds is 49. The Morgan fingerprint density at radius 3 is 1.19 bits per heavy atom. The Bertz CT molecular complexity index is 1060. The van der Waals surface area contributed by atoms with Crippen LogP contribution in [-0.2, 0) is 32.7 Å². The van der Waals surface area contributed by atoms with E-state index in [9.17, 15) is 19.0 Å². The van der Waals surface area contributed by atoms with Crippen LogP contribution in [-0.4, -0.2) is 70.0 Å². The first-order chi connectivity index (χ1) is 30.0. The van der Waals surface area contributed by atoms with E-state index < -0.39 is 26.5 Å². The van der Waals surface area contributed by atoms with E-state index in [1.165, 1.54) is 186 Å². The van der Waals surface area contributed by atoms with Gasteiger partial charge in [0.25, 0.3) is 7.82 Å². The first kappa shape index (κ1) is 60.8. The Morgan fingerprint density at radius 1 is 0.484 bits per heavy atom. The van der Waals surface area contributed by atoms with Gasteiger partial charge in [-0.1, -0.05) is 219 Å². The van der Waals surface area contributed by atoms with Crippen LogP contribution in [0.5, 0.6) is 0 Å². The molecule has 0 heterocycles. The van der Waals surface area contributed by atoms with E-state index in [1.807, 2.05) is 21.1 Å². The predicted molar refractivity (Wildman–Crippen MR) is 259 cm³/mol. The van der Waals surface area contributed by atoms with Crippen LogP contribution in [0.1, 0.15) is 258 Å². The van der Waals surface area contributed by atoms with Crippen molar-refractivity contribution in [1.82, 2.24) is 0 Å². The summed E-state index contributed by atoms with van der Waals surface area (Å²) in [5, 5.41) is 0. The molecule has 10 heteroatoms. The average Bonchev–Trinajstić information content (AvgIpc) is 3.23. The molecular weight excluding hydrogens is 798 g/mol. The van der Waals surface area contributed by atoms with Crippen LogP contribution in [0.4, 0.5) is 0 Å². The highest BCUT2D eigenvalue weighted by molar-refractivity contribution is 7.45. The molecule has 9 nitrogen and oxygen atoms in total. The van der Waals surface area contributed by atoms with Gasteiger partial charge in [-0.05, 0) is 38.5 Å². The largest absolute Gasteiger partial charge is 0.756 e. The van der Waals surface area contributed by atoms with Crippen molar-refractivity contribution in [1.29, 1.82) is 0 Å². The molecule has 0 spiro atoms. The Hall–Kier alpha value is -1.25. The average molecular weight is 900 g/mol. The number of carbonyl (C=O) groups excluding carboxylic acids is 2. The van der Waals surface area contributed by atoms with E-state index in [0.717, 1.165) is 38.5 Å². The standard InChI is InChI=1S/C52H102NO8P/c1-6-8-10-12-14-16-18-20-22-24-25-26-27-29-31-33-35-37-39-41-43-45-52(55)61-50(49-60-62(56,57)59-47-46-53(3,4)5)48-58-51(54)44-42-40-38-36-34-32-30-28-23-21-19-17-15-13-11-9-7-2/h21,23,50H,6-20,22,24-49H2,1-5H3/b23-21-/t50-/m1/s1. The summed E-state index contributed by atoms with van der Waals surface area (Å²) in [6.45, 7) is 4.27. The highest BCUT2D eigenvalue weighted by atomic mass is 31.2. The van der Waals surface area contributed by atoms with Crippen molar-refractivity contribution in [2.75, 3.05) is 47.5 Å². The fraction of sp³-hybridized carbons (Fsp3) is 0.923. The molecule has 0 aromatic carbocycles. The fourth-order valence-corrected chi connectivity index (χ4v) is 8.38. The summed E-state index contributed by atoms with van der Waals surface area (Å²) in [6, 6.07) is 0. The van der Waals surface area contributed by atoms with Crippen LogP contribution < -0.4 is 4.89 Å². The van der Waals surface area contributed by atoms with Gasteiger partial charge in [-0.2, -0.15) is 0 Å². The van der Waals surface area contributed by atoms with Crippen molar-refractivity contribution < 1.29 is 42.1 Å². The van der Waals surface area contributed by atoms with E-state index in [0.29, 0.717) is 17.4 Å². The summed E-state index contributed by atoms with van der Waals surface area (Å²) in [5.41, 5.74) is 0. The van der Waals surface area contributed by atoms with Gasteiger partial charge in [0.05, 0.1) is 27.7 Å². The number of hydrogen-bond acceptors (Lipinski definition) is 8. The lowest BCUT2D eigenvalue weighted by molar-refractivity contribution is -0.870. The van der Waals surface area contributed by atoms with E-state index in [1.54, 1.807) is 0 Å². The van der Waals surface area contributed by atoms with Crippen molar-refractivity contribution in [2.45, 2.75) is 264 Å². The van der Waals surface area contributed by atoms with Crippen molar-refractivity contribution in [2.24, 2.45) is 0 Å². The number of phosphoric ester groups is 1.